The van der Waals surface area contributed by atoms with Crippen molar-refractivity contribution in [3.63, 3.8) is 0 Å². The lowest BCUT2D eigenvalue weighted by Gasteiger charge is -2.21. The van der Waals surface area contributed by atoms with Gasteiger partial charge in [-0.25, -0.2) is 0 Å². The van der Waals surface area contributed by atoms with Gasteiger partial charge in [-0.05, 0) is 19.3 Å². The minimum Gasteiger partial charge on any atom is -0.395 e. The lowest BCUT2D eigenvalue weighted by Crippen LogP contribution is -2.37. The van der Waals surface area contributed by atoms with E-state index in [0.29, 0.717) is 25.7 Å². The quantitative estimate of drug-likeness (QED) is 0.677. The van der Waals surface area contributed by atoms with Crippen molar-refractivity contribution < 1.29 is 14.6 Å². The molecule has 15 heavy (non-hydrogen) atoms. The van der Waals surface area contributed by atoms with Gasteiger partial charge in [0.05, 0.1) is 19.8 Å². The third-order valence-corrected chi connectivity index (χ3v) is 3.19. The molecular formula is C11H19NO3. The first-order valence-corrected chi connectivity index (χ1v) is 5.76. The molecule has 1 saturated carbocycles. The Morgan fingerprint density at radius 1 is 1.40 bits per heavy atom. The van der Waals surface area contributed by atoms with E-state index in [-0.39, 0.29) is 18.3 Å². The van der Waals surface area contributed by atoms with E-state index in [2.05, 4.69) is 4.90 Å². The Labute approximate surface area is 90.2 Å². The first-order chi connectivity index (χ1) is 7.31. The molecule has 0 aromatic carbocycles. The van der Waals surface area contributed by atoms with Crippen LogP contribution in [0.3, 0.4) is 0 Å². The largest absolute Gasteiger partial charge is 0.395 e. The summed E-state index contributed by atoms with van der Waals surface area (Å²) < 4.78 is 5.21. The Bertz CT molecular complexity index is 222. The molecule has 0 radical (unpaired) electrons. The number of aliphatic hydroxyl groups excluding tert-OH is 1. The number of ketones is 1. The van der Waals surface area contributed by atoms with Crippen LogP contribution in [0, 0.1) is 5.92 Å². The van der Waals surface area contributed by atoms with Crippen molar-refractivity contribution in [3.8, 4) is 0 Å². The molecule has 1 N–H and O–H groups in total. The summed E-state index contributed by atoms with van der Waals surface area (Å²) in [5, 5.41) is 8.91. The fraction of sp³-hybridized carbons (Fsp3) is 0.909. The maximum atomic E-state index is 11.9. The summed E-state index contributed by atoms with van der Waals surface area (Å²) in [6.45, 7) is 2.59. The summed E-state index contributed by atoms with van der Waals surface area (Å²) in [6.07, 6.45) is 3.22. The van der Waals surface area contributed by atoms with Crippen LogP contribution in [0.4, 0.5) is 0 Å². The first kappa shape index (κ1) is 11.0. The van der Waals surface area contributed by atoms with Crippen LogP contribution in [-0.4, -0.2) is 54.7 Å². The van der Waals surface area contributed by atoms with Crippen molar-refractivity contribution in [2.45, 2.75) is 25.3 Å². The van der Waals surface area contributed by atoms with E-state index < -0.39 is 0 Å². The van der Waals surface area contributed by atoms with E-state index in [1.54, 1.807) is 0 Å². The maximum Gasteiger partial charge on any atom is 0.152 e. The highest BCUT2D eigenvalue weighted by Gasteiger charge is 2.32. The molecule has 1 saturated heterocycles. The number of hydrogen-bond acceptors (Lipinski definition) is 4. The molecule has 1 aliphatic carbocycles. The molecule has 1 aliphatic heterocycles. The van der Waals surface area contributed by atoms with Gasteiger partial charge in [0, 0.05) is 25.1 Å². The fourth-order valence-electron chi connectivity index (χ4n) is 2.08. The van der Waals surface area contributed by atoms with Crippen LogP contribution in [-0.2, 0) is 9.53 Å². The van der Waals surface area contributed by atoms with Gasteiger partial charge in [-0.15, -0.1) is 0 Å². The molecule has 0 amide bonds. The number of hydrogen-bond donors (Lipinski definition) is 1. The maximum absolute atomic E-state index is 11.9. The van der Waals surface area contributed by atoms with Gasteiger partial charge >= 0.3 is 0 Å². The molecule has 0 aromatic rings. The highest BCUT2D eigenvalue weighted by atomic mass is 16.5. The second kappa shape index (κ2) is 5.05. The first-order valence-electron chi connectivity index (χ1n) is 5.76. The summed E-state index contributed by atoms with van der Waals surface area (Å²) in [6, 6.07) is 0.545. The average molecular weight is 213 g/mol. The number of Topliss-reactive ketones (excluding diaryl/α,β-unsaturated/α-hetero) is 1. The lowest BCUT2D eigenvalue weighted by atomic mass is 10.0. The van der Waals surface area contributed by atoms with Crippen LogP contribution < -0.4 is 0 Å². The van der Waals surface area contributed by atoms with E-state index in [9.17, 15) is 4.79 Å². The average Bonchev–Trinajstić information content (AvgIpc) is 2.92. The number of aliphatic hydroxyl groups is 1. The van der Waals surface area contributed by atoms with Crippen molar-refractivity contribution in [3.05, 3.63) is 0 Å². The van der Waals surface area contributed by atoms with Crippen LogP contribution in [0.1, 0.15) is 19.3 Å². The van der Waals surface area contributed by atoms with Crippen molar-refractivity contribution in [2.75, 3.05) is 32.9 Å². The molecule has 4 nitrogen and oxygen atoms in total. The Balaban J connectivity index is 1.79. The summed E-state index contributed by atoms with van der Waals surface area (Å²) in [7, 11) is 0. The van der Waals surface area contributed by atoms with Crippen molar-refractivity contribution in [2.24, 2.45) is 5.92 Å². The number of carbonyl (C=O) groups is 1. The SMILES string of the molecule is O=C(CN(CCO)C1CC1)C1CCOC1. The zero-order valence-corrected chi connectivity index (χ0v) is 9.02. The molecule has 0 bridgehead atoms. The molecule has 1 heterocycles. The monoisotopic (exact) mass is 213 g/mol. The highest BCUT2D eigenvalue weighted by molar-refractivity contribution is 5.83. The molecule has 4 heteroatoms. The van der Waals surface area contributed by atoms with Gasteiger partial charge < -0.3 is 9.84 Å². The Kier molecular flexibility index (Phi) is 3.72. The van der Waals surface area contributed by atoms with Gasteiger partial charge in [-0.2, -0.15) is 0 Å². The van der Waals surface area contributed by atoms with Crippen molar-refractivity contribution >= 4 is 5.78 Å². The van der Waals surface area contributed by atoms with Gasteiger partial charge in [0.1, 0.15) is 0 Å². The molecule has 1 unspecified atom stereocenters. The lowest BCUT2D eigenvalue weighted by molar-refractivity contribution is -0.124. The second-order valence-electron chi connectivity index (χ2n) is 4.45. The van der Waals surface area contributed by atoms with E-state index in [1.807, 2.05) is 0 Å². The highest BCUT2D eigenvalue weighted by Crippen LogP contribution is 2.27. The van der Waals surface area contributed by atoms with Crippen molar-refractivity contribution in [1.82, 2.24) is 4.90 Å². The zero-order chi connectivity index (χ0) is 10.7. The zero-order valence-electron chi connectivity index (χ0n) is 9.02. The van der Waals surface area contributed by atoms with E-state index >= 15 is 0 Å². The number of ether oxygens (including phenoxy) is 1. The molecule has 1 atom stereocenters. The molecule has 0 aromatic heterocycles. The minimum absolute atomic E-state index is 0.102. The second-order valence-corrected chi connectivity index (χ2v) is 4.45. The molecule has 0 spiro atoms. The predicted octanol–water partition coefficient (Wildman–Crippen LogP) is 0.0487. The summed E-state index contributed by atoms with van der Waals surface area (Å²) in [4.78, 5) is 14.0. The topological polar surface area (TPSA) is 49.8 Å². The van der Waals surface area contributed by atoms with E-state index in [4.69, 9.17) is 9.84 Å². The minimum atomic E-state index is 0.102. The van der Waals surface area contributed by atoms with Crippen LogP contribution in [0.25, 0.3) is 0 Å². The molecule has 2 aliphatic rings. The number of carbonyl (C=O) groups excluding carboxylic acids is 1. The number of nitrogens with zero attached hydrogens (tertiary/aromatic N) is 1. The van der Waals surface area contributed by atoms with Crippen LogP contribution in [0.15, 0.2) is 0 Å². The Morgan fingerprint density at radius 2 is 2.20 bits per heavy atom. The Hall–Kier alpha value is -0.450. The van der Waals surface area contributed by atoms with Gasteiger partial charge in [-0.1, -0.05) is 0 Å². The third-order valence-electron chi connectivity index (χ3n) is 3.19. The summed E-state index contributed by atoms with van der Waals surface area (Å²) in [5.74, 6) is 0.387. The predicted molar refractivity (Wildman–Crippen MR) is 55.6 cm³/mol. The fourth-order valence-corrected chi connectivity index (χ4v) is 2.08. The van der Waals surface area contributed by atoms with Gasteiger partial charge in [-0.3, -0.25) is 9.69 Å². The van der Waals surface area contributed by atoms with E-state index in [0.717, 1.165) is 13.0 Å². The van der Waals surface area contributed by atoms with Gasteiger partial charge in [0.25, 0.3) is 0 Å². The smallest absolute Gasteiger partial charge is 0.152 e. The van der Waals surface area contributed by atoms with Gasteiger partial charge in [0.2, 0.25) is 0 Å². The molecule has 86 valence electrons. The van der Waals surface area contributed by atoms with Crippen LogP contribution >= 0.6 is 0 Å². The molecule has 2 rings (SSSR count). The molecular weight excluding hydrogens is 194 g/mol. The normalized spacial score (nSPS) is 26.1. The third kappa shape index (κ3) is 3.00. The molecule has 2 fully saturated rings. The van der Waals surface area contributed by atoms with E-state index in [1.165, 1.54) is 12.8 Å². The summed E-state index contributed by atoms with van der Waals surface area (Å²) >= 11 is 0. The van der Waals surface area contributed by atoms with Crippen LogP contribution in [0.2, 0.25) is 0 Å². The summed E-state index contributed by atoms with van der Waals surface area (Å²) in [5.41, 5.74) is 0. The Morgan fingerprint density at radius 3 is 2.73 bits per heavy atom. The van der Waals surface area contributed by atoms with Gasteiger partial charge in [0.15, 0.2) is 5.78 Å². The van der Waals surface area contributed by atoms with Crippen LogP contribution in [0.5, 0.6) is 0 Å². The standard InChI is InChI=1S/C11H19NO3/c13-5-4-12(10-1-2-10)7-11(14)9-3-6-15-8-9/h9-10,13H,1-8H2. The van der Waals surface area contributed by atoms with Crippen molar-refractivity contribution in [1.29, 1.82) is 0 Å². The number of rotatable bonds is 6.